The van der Waals surface area contributed by atoms with Crippen molar-refractivity contribution >= 4 is 23.9 Å². The fraction of sp³-hybridized carbons (Fsp3) is 0.647. The second-order valence-corrected chi connectivity index (χ2v) is 6.08. The lowest BCUT2D eigenvalue weighted by molar-refractivity contribution is -0.165. The molecule has 150 valence electrons. The number of rotatable bonds is 8. The largest absolute Gasteiger partial charge is 0.463 e. The van der Waals surface area contributed by atoms with Crippen LogP contribution in [0.4, 0.5) is 0 Å². The van der Waals surface area contributed by atoms with Gasteiger partial charge in [0.15, 0.2) is 17.9 Å². The van der Waals surface area contributed by atoms with Crippen molar-refractivity contribution in [3.8, 4) is 0 Å². The average Bonchev–Trinajstić information content (AvgIpc) is 2.90. The predicted molar refractivity (Wildman–Crippen MR) is 90.3 cm³/mol. The van der Waals surface area contributed by atoms with Gasteiger partial charge in [-0.3, -0.25) is 0 Å². The van der Waals surface area contributed by atoms with E-state index in [0.29, 0.717) is 0 Å². The molecule has 0 aromatic carbocycles. The third kappa shape index (κ3) is 5.60. The molecule has 1 rings (SSSR count). The van der Waals surface area contributed by atoms with E-state index in [2.05, 4.69) is 10.2 Å². The van der Waals surface area contributed by atoms with Crippen LogP contribution < -0.4 is 0 Å². The molecular weight excluding hydrogens is 360 g/mol. The SMILES string of the molecule is CCOC(=O)[C@H](C)OC(=O)C1=C(C(=O)O[C@@H](C)C(=O)OCC)C(C)(C)N=N1. The Kier molecular flexibility index (Phi) is 7.62. The van der Waals surface area contributed by atoms with E-state index in [4.69, 9.17) is 18.9 Å². The quantitative estimate of drug-likeness (QED) is 0.454. The molecule has 1 aliphatic rings. The van der Waals surface area contributed by atoms with E-state index >= 15 is 0 Å². The van der Waals surface area contributed by atoms with E-state index in [1.165, 1.54) is 27.7 Å². The Morgan fingerprint density at radius 2 is 1.33 bits per heavy atom. The summed E-state index contributed by atoms with van der Waals surface area (Å²) >= 11 is 0. The maximum absolute atomic E-state index is 12.5. The van der Waals surface area contributed by atoms with Gasteiger partial charge < -0.3 is 18.9 Å². The smallest absolute Gasteiger partial charge is 0.360 e. The number of hydrogen-bond donors (Lipinski definition) is 0. The number of ether oxygens (including phenoxy) is 4. The van der Waals surface area contributed by atoms with Crippen LogP contribution in [0.25, 0.3) is 0 Å². The summed E-state index contributed by atoms with van der Waals surface area (Å²) in [5.41, 5.74) is -1.75. The van der Waals surface area contributed by atoms with Crippen LogP contribution in [-0.2, 0) is 38.1 Å². The summed E-state index contributed by atoms with van der Waals surface area (Å²) in [7, 11) is 0. The van der Waals surface area contributed by atoms with Crippen molar-refractivity contribution in [3.05, 3.63) is 11.3 Å². The highest BCUT2D eigenvalue weighted by atomic mass is 16.6. The second kappa shape index (κ2) is 9.24. The molecule has 0 radical (unpaired) electrons. The normalized spacial score (nSPS) is 17.1. The number of azo groups is 1. The first kappa shape index (κ1) is 22.3. The van der Waals surface area contributed by atoms with Gasteiger partial charge in [-0.2, -0.15) is 5.11 Å². The molecular formula is C17H24N2O8. The number of esters is 4. The number of hydrogen-bond acceptors (Lipinski definition) is 10. The zero-order valence-electron chi connectivity index (χ0n) is 16.2. The zero-order chi connectivity index (χ0) is 20.8. The topological polar surface area (TPSA) is 130 Å². The van der Waals surface area contributed by atoms with Crippen molar-refractivity contribution in [2.45, 2.75) is 59.3 Å². The fourth-order valence-electron chi connectivity index (χ4n) is 2.11. The Hall–Kier alpha value is -2.78. The van der Waals surface area contributed by atoms with Crippen molar-refractivity contribution in [2.24, 2.45) is 10.2 Å². The van der Waals surface area contributed by atoms with Crippen LogP contribution in [0.3, 0.4) is 0 Å². The van der Waals surface area contributed by atoms with E-state index < -0.39 is 47.3 Å². The lowest BCUT2D eigenvalue weighted by Crippen LogP contribution is -2.33. The molecule has 0 aliphatic carbocycles. The molecule has 0 spiro atoms. The minimum atomic E-state index is -1.19. The van der Waals surface area contributed by atoms with Gasteiger partial charge in [-0.1, -0.05) is 0 Å². The van der Waals surface area contributed by atoms with Gasteiger partial charge in [-0.05, 0) is 41.5 Å². The van der Waals surface area contributed by atoms with Gasteiger partial charge in [-0.15, -0.1) is 5.11 Å². The average molecular weight is 384 g/mol. The summed E-state index contributed by atoms with van der Waals surface area (Å²) in [6.07, 6.45) is -2.38. The number of nitrogens with zero attached hydrogens (tertiary/aromatic N) is 2. The molecule has 10 nitrogen and oxygen atoms in total. The molecule has 0 aromatic rings. The third-order valence-corrected chi connectivity index (χ3v) is 3.45. The highest BCUT2D eigenvalue weighted by Crippen LogP contribution is 2.33. The molecule has 1 heterocycles. The van der Waals surface area contributed by atoms with Crippen molar-refractivity contribution in [2.75, 3.05) is 13.2 Å². The van der Waals surface area contributed by atoms with Gasteiger partial charge in [0, 0.05) is 0 Å². The minimum absolute atomic E-state index is 0.124. The Morgan fingerprint density at radius 1 is 0.889 bits per heavy atom. The van der Waals surface area contributed by atoms with E-state index in [0.717, 1.165) is 0 Å². The van der Waals surface area contributed by atoms with Gasteiger partial charge in [0.1, 0.15) is 11.1 Å². The summed E-state index contributed by atoms with van der Waals surface area (Å²) < 4.78 is 19.6. The molecule has 27 heavy (non-hydrogen) atoms. The fourth-order valence-corrected chi connectivity index (χ4v) is 2.11. The highest BCUT2D eigenvalue weighted by molar-refractivity contribution is 6.03. The molecule has 0 N–H and O–H groups in total. The van der Waals surface area contributed by atoms with E-state index in [1.54, 1.807) is 13.8 Å². The van der Waals surface area contributed by atoms with Crippen LogP contribution in [-0.4, -0.2) is 54.8 Å². The van der Waals surface area contributed by atoms with Crippen LogP contribution in [0.15, 0.2) is 21.5 Å². The van der Waals surface area contributed by atoms with Gasteiger partial charge in [0.05, 0.1) is 13.2 Å². The summed E-state index contributed by atoms with van der Waals surface area (Å²) in [4.78, 5) is 48.1. The molecule has 0 fully saturated rings. The summed E-state index contributed by atoms with van der Waals surface area (Å²) in [5.74, 6) is -3.45. The van der Waals surface area contributed by atoms with Gasteiger partial charge >= 0.3 is 23.9 Å². The van der Waals surface area contributed by atoms with Crippen molar-refractivity contribution in [1.82, 2.24) is 0 Å². The third-order valence-electron chi connectivity index (χ3n) is 3.45. The molecule has 10 heteroatoms. The minimum Gasteiger partial charge on any atom is -0.463 e. The van der Waals surface area contributed by atoms with E-state index in [1.807, 2.05) is 0 Å². The van der Waals surface area contributed by atoms with Crippen LogP contribution in [0.1, 0.15) is 41.5 Å². The summed E-state index contributed by atoms with van der Waals surface area (Å²) in [6, 6.07) is 0. The molecule has 0 amide bonds. The molecule has 0 aromatic heterocycles. The Balaban J connectivity index is 3.01. The van der Waals surface area contributed by atoms with Crippen molar-refractivity contribution in [3.63, 3.8) is 0 Å². The molecule has 0 saturated heterocycles. The molecule has 0 bridgehead atoms. The predicted octanol–water partition coefficient (Wildman–Crippen LogP) is 1.47. The van der Waals surface area contributed by atoms with Gasteiger partial charge in [0.2, 0.25) is 0 Å². The summed E-state index contributed by atoms with van der Waals surface area (Å²) in [6.45, 7) is 9.23. The first-order valence-electron chi connectivity index (χ1n) is 8.48. The van der Waals surface area contributed by atoms with Crippen LogP contribution >= 0.6 is 0 Å². The maximum atomic E-state index is 12.5. The van der Waals surface area contributed by atoms with E-state index in [-0.39, 0.29) is 18.8 Å². The van der Waals surface area contributed by atoms with Gasteiger partial charge in [0.25, 0.3) is 0 Å². The van der Waals surface area contributed by atoms with Crippen LogP contribution in [0.2, 0.25) is 0 Å². The molecule has 1 aliphatic heterocycles. The standard InChI is InChI=1S/C17H24N2O8/c1-7-24-13(20)9(3)26-15(22)11-12(18-19-17(11,5)6)16(23)27-10(4)14(21)25-8-2/h9-10H,7-8H2,1-6H3/t9-,10-/m0/s1. The number of carbonyl (C=O) groups excluding carboxylic acids is 4. The van der Waals surface area contributed by atoms with Crippen LogP contribution in [0, 0.1) is 0 Å². The Bertz CT molecular complexity index is 680. The van der Waals surface area contributed by atoms with Crippen molar-refractivity contribution in [1.29, 1.82) is 0 Å². The van der Waals surface area contributed by atoms with E-state index in [9.17, 15) is 19.2 Å². The maximum Gasteiger partial charge on any atom is 0.360 e. The number of carbonyl (C=O) groups is 4. The zero-order valence-corrected chi connectivity index (χ0v) is 16.2. The lowest BCUT2D eigenvalue weighted by atomic mass is 9.94. The molecule has 0 saturated carbocycles. The lowest BCUT2D eigenvalue weighted by Gasteiger charge is -2.19. The monoisotopic (exact) mass is 384 g/mol. The summed E-state index contributed by atoms with van der Waals surface area (Å²) in [5, 5.41) is 7.57. The highest BCUT2D eigenvalue weighted by Gasteiger charge is 2.42. The first-order valence-corrected chi connectivity index (χ1v) is 8.48. The van der Waals surface area contributed by atoms with Crippen LogP contribution in [0.5, 0.6) is 0 Å². The second-order valence-electron chi connectivity index (χ2n) is 6.08. The van der Waals surface area contributed by atoms with Crippen molar-refractivity contribution < 1.29 is 38.1 Å². The Labute approximate surface area is 156 Å². The Morgan fingerprint density at radius 3 is 1.78 bits per heavy atom. The molecule has 0 unspecified atom stereocenters. The molecule has 2 atom stereocenters. The first-order chi connectivity index (χ1) is 12.5. The van der Waals surface area contributed by atoms with Gasteiger partial charge in [-0.25, -0.2) is 19.2 Å².